The number of benzene rings is 1. The van der Waals surface area contributed by atoms with Crippen LogP contribution in [0.15, 0.2) is 24.5 Å². The van der Waals surface area contributed by atoms with Crippen LogP contribution in [0.2, 0.25) is 0 Å². The molecular weight excluding hydrogens is 228 g/mol. The molecule has 5 nitrogen and oxygen atoms in total. The van der Waals surface area contributed by atoms with Crippen LogP contribution in [0.1, 0.15) is 5.56 Å². The molecule has 2 aromatic rings. The van der Waals surface area contributed by atoms with E-state index in [1.165, 1.54) is 11.3 Å². The van der Waals surface area contributed by atoms with Crippen LogP contribution in [0.5, 0.6) is 0 Å². The Morgan fingerprint density at radius 1 is 1.44 bits per heavy atom. The van der Waals surface area contributed by atoms with Crippen LogP contribution in [-0.4, -0.2) is 35.0 Å². The maximum absolute atomic E-state index is 5.09. The Bertz CT molecular complexity index is 550. The molecule has 0 saturated carbocycles. The van der Waals surface area contributed by atoms with E-state index < -0.39 is 0 Å². The predicted octanol–water partition coefficient (Wildman–Crippen LogP) is 1.56. The zero-order valence-corrected chi connectivity index (χ0v) is 10.4. The summed E-state index contributed by atoms with van der Waals surface area (Å²) in [5, 5.41) is 11.5. The summed E-state index contributed by atoms with van der Waals surface area (Å²) in [6.07, 6.45) is 2.83. The van der Waals surface area contributed by atoms with Gasteiger partial charge in [0.05, 0.1) is 6.61 Å². The first-order chi connectivity index (χ1) is 8.88. The van der Waals surface area contributed by atoms with Crippen molar-refractivity contribution in [3.05, 3.63) is 30.1 Å². The second-order valence-corrected chi connectivity index (χ2v) is 4.39. The average molecular weight is 244 g/mol. The molecular formula is C13H16N4O. The zero-order valence-electron chi connectivity index (χ0n) is 10.4. The number of ether oxygens (including phenoxy) is 1. The molecule has 5 heteroatoms. The maximum Gasteiger partial charge on any atom is 0.163 e. The number of fused-ring (bicyclic) bond motifs is 1. The molecule has 18 heavy (non-hydrogen) atoms. The molecule has 94 valence electrons. The van der Waals surface area contributed by atoms with E-state index in [9.17, 15) is 0 Å². The van der Waals surface area contributed by atoms with E-state index in [1.54, 1.807) is 13.4 Å². The lowest BCUT2D eigenvalue weighted by Gasteiger charge is -2.07. The lowest BCUT2D eigenvalue weighted by Crippen LogP contribution is -2.05. The highest BCUT2D eigenvalue weighted by molar-refractivity contribution is 5.65. The Kier molecular flexibility index (Phi) is 2.98. The minimum Gasteiger partial charge on any atom is -0.384 e. The number of hydrogen-bond donors (Lipinski definition) is 1. The van der Waals surface area contributed by atoms with Gasteiger partial charge in [0.25, 0.3) is 0 Å². The molecule has 0 atom stereocenters. The van der Waals surface area contributed by atoms with Crippen molar-refractivity contribution in [2.75, 3.05) is 25.6 Å². The first kappa shape index (κ1) is 11.2. The van der Waals surface area contributed by atoms with Crippen LogP contribution in [0.3, 0.4) is 0 Å². The summed E-state index contributed by atoms with van der Waals surface area (Å²) in [5.41, 5.74) is 3.71. The van der Waals surface area contributed by atoms with Crippen molar-refractivity contribution in [3.8, 4) is 11.4 Å². The Labute approximate surface area is 106 Å². The van der Waals surface area contributed by atoms with Crippen LogP contribution in [0.25, 0.3) is 11.4 Å². The van der Waals surface area contributed by atoms with Crippen LogP contribution >= 0.6 is 0 Å². The highest BCUT2D eigenvalue weighted by Crippen LogP contribution is 2.27. The monoisotopic (exact) mass is 244 g/mol. The van der Waals surface area contributed by atoms with Gasteiger partial charge in [0.1, 0.15) is 6.33 Å². The molecule has 1 N–H and O–H groups in total. The molecule has 0 spiro atoms. The second kappa shape index (κ2) is 4.78. The summed E-state index contributed by atoms with van der Waals surface area (Å²) in [7, 11) is 1.70. The molecule has 0 unspecified atom stereocenters. The van der Waals surface area contributed by atoms with E-state index >= 15 is 0 Å². The van der Waals surface area contributed by atoms with Gasteiger partial charge in [-0.1, -0.05) is 0 Å². The SMILES string of the molecule is COCCn1cnnc1-c1ccc2c(c1)CCN2. The van der Waals surface area contributed by atoms with Crippen molar-refractivity contribution in [2.45, 2.75) is 13.0 Å². The molecule has 0 bridgehead atoms. The van der Waals surface area contributed by atoms with Gasteiger partial charge in [-0.15, -0.1) is 10.2 Å². The minimum absolute atomic E-state index is 0.664. The molecule has 3 rings (SSSR count). The highest BCUT2D eigenvalue weighted by Gasteiger charge is 2.13. The largest absolute Gasteiger partial charge is 0.384 e. The van der Waals surface area contributed by atoms with Gasteiger partial charge in [-0.25, -0.2) is 0 Å². The number of aromatic nitrogens is 3. The lowest BCUT2D eigenvalue weighted by molar-refractivity contribution is 0.187. The first-order valence-corrected chi connectivity index (χ1v) is 6.12. The fourth-order valence-corrected chi connectivity index (χ4v) is 2.28. The molecule has 0 amide bonds. The smallest absolute Gasteiger partial charge is 0.163 e. The van der Waals surface area contributed by atoms with Crippen molar-refractivity contribution in [1.29, 1.82) is 0 Å². The quantitative estimate of drug-likeness (QED) is 0.886. The summed E-state index contributed by atoms with van der Waals surface area (Å²) >= 11 is 0. The predicted molar refractivity (Wildman–Crippen MR) is 69.5 cm³/mol. The molecule has 1 aromatic heterocycles. The van der Waals surface area contributed by atoms with Gasteiger partial charge >= 0.3 is 0 Å². The summed E-state index contributed by atoms with van der Waals surface area (Å²) in [5.74, 6) is 0.904. The van der Waals surface area contributed by atoms with E-state index in [1.807, 2.05) is 4.57 Å². The van der Waals surface area contributed by atoms with Crippen molar-refractivity contribution >= 4 is 5.69 Å². The van der Waals surface area contributed by atoms with E-state index in [0.717, 1.165) is 30.9 Å². The van der Waals surface area contributed by atoms with Crippen molar-refractivity contribution in [2.24, 2.45) is 0 Å². The molecule has 0 saturated heterocycles. The van der Waals surface area contributed by atoms with E-state index in [0.29, 0.717) is 6.61 Å². The van der Waals surface area contributed by atoms with Gasteiger partial charge in [-0.3, -0.25) is 0 Å². The van der Waals surface area contributed by atoms with Crippen LogP contribution in [0.4, 0.5) is 5.69 Å². The van der Waals surface area contributed by atoms with Gasteiger partial charge in [0.15, 0.2) is 5.82 Å². The van der Waals surface area contributed by atoms with E-state index in [-0.39, 0.29) is 0 Å². The van der Waals surface area contributed by atoms with Crippen molar-refractivity contribution < 1.29 is 4.74 Å². The number of anilines is 1. The molecule has 0 radical (unpaired) electrons. The van der Waals surface area contributed by atoms with Gasteiger partial charge < -0.3 is 14.6 Å². The molecule has 1 aromatic carbocycles. The van der Waals surface area contributed by atoms with Crippen LogP contribution in [-0.2, 0) is 17.7 Å². The summed E-state index contributed by atoms with van der Waals surface area (Å²) in [6.45, 7) is 2.46. The first-order valence-electron chi connectivity index (χ1n) is 6.12. The fraction of sp³-hybridized carbons (Fsp3) is 0.385. The lowest BCUT2D eigenvalue weighted by atomic mass is 10.1. The van der Waals surface area contributed by atoms with Gasteiger partial charge in [0.2, 0.25) is 0 Å². The number of rotatable bonds is 4. The Hall–Kier alpha value is -1.88. The highest BCUT2D eigenvalue weighted by atomic mass is 16.5. The summed E-state index contributed by atoms with van der Waals surface area (Å²) in [4.78, 5) is 0. The third-order valence-corrected chi connectivity index (χ3v) is 3.23. The number of nitrogens with one attached hydrogen (secondary N) is 1. The number of nitrogens with zero attached hydrogens (tertiary/aromatic N) is 3. The topological polar surface area (TPSA) is 52.0 Å². The van der Waals surface area contributed by atoms with Crippen LogP contribution < -0.4 is 5.32 Å². The second-order valence-electron chi connectivity index (χ2n) is 4.39. The van der Waals surface area contributed by atoms with Gasteiger partial charge in [-0.2, -0.15) is 0 Å². The van der Waals surface area contributed by atoms with Crippen molar-refractivity contribution in [1.82, 2.24) is 14.8 Å². The van der Waals surface area contributed by atoms with E-state index in [4.69, 9.17) is 4.74 Å². The zero-order chi connectivity index (χ0) is 12.4. The molecule has 0 fully saturated rings. The fourth-order valence-electron chi connectivity index (χ4n) is 2.28. The normalized spacial score (nSPS) is 13.4. The number of hydrogen-bond acceptors (Lipinski definition) is 4. The van der Waals surface area contributed by atoms with E-state index in [2.05, 4.69) is 33.7 Å². The summed E-state index contributed by atoms with van der Waals surface area (Å²) in [6, 6.07) is 6.40. The molecule has 1 aliphatic rings. The minimum atomic E-state index is 0.664. The third kappa shape index (κ3) is 1.97. The summed E-state index contributed by atoms with van der Waals surface area (Å²) < 4.78 is 7.12. The van der Waals surface area contributed by atoms with Gasteiger partial charge in [-0.05, 0) is 30.2 Å². The Morgan fingerprint density at radius 2 is 2.39 bits per heavy atom. The molecule has 1 aliphatic heterocycles. The Balaban J connectivity index is 1.92. The van der Waals surface area contributed by atoms with Crippen molar-refractivity contribution in [3.63, 3.8) is 0 Å². The molecule has 2 heterocycles. The van der Waals surface area contributed by atoms with Gasteiger partial charge in [0, 0.05) is 31.5 Å². The maximum atomic E-state index is 5.09. The third-order valence-electron chi connectivity index (χ3n) is 3.23. The standard InChI is InChI=1S/C13H16N4O/c1-18-7-6-17-9-15-16-13(17)11-2-3-12-10(8-11)4-5-14-12/h2-3,8-9,14H,4-7H2,1H3. The Morgan fingerprint density at radius 3 is 3.28 bits per heavy atom. The average Bonchev–Trinajstić information content (AvgIpc) is 3.03. The molecule has 0 aliphatic carbocycles. The van der Waals surface area contributed by atoms with Crippen LogP contribution in [0, 0.1) is 0 Å². The number of methoxy groups -OCH3 is 1.